The Morgan fingerprint density at radius 3 is 2.85 bits per heavy atom. The molecule has 6 nitrogen and oxygen atoms in total. The molecule has 20 heavy (non-hydrogen) atoms. The van der Waals surface area contributed by atoms with Gasteiger partial charge in [-0.05, 0) is 41.9 Å². The molecule has 0 aliphatic carbocycles. The zero-order valence-corrected chi connectivity index (χ0v) is 13.3. The monoisotopic (exact) mass is 345 g/mol. The molecule has 0 saturated carbocycles. The third-order valence-electron chi connectivity index (χ3n) is 2.67. The van der Waals surface area contributed by atoms with Crippen LogP contribution in [0.15, 0.2) is 16.6 Å². The van der Waals surface area contributed by atoms with Crippen molar-refractivity contribution in [3.05, 3.63) is 22.3 Å². The van der Waals surface area contributed by atoms with Crippen LogP contribution in [0.25, 0.3) is 0 Å². The Morgan fingerprint density at radius 2 is 2.25 bits per heavy atom. The SMILES string of the molecule is CCN(CCOCCO)C(=O)Nc1ccc(Br)c(C)n1. The molecule has 0 saturated heterocycles. The van der Waals surface area contributed by atoms with E-state index in [0.29, 0.717) is 25.5 Å². The van der Waals surface area contributed by atoms with Crippen LogP contribution in [0.3, 0.4) is 0 Å². The van der Waals surface area contributed by atoms with Crippen molar-refractivity contribution in [1.82, 2.24) is 9.88 Å². The van der Waals surface area contributed by atoms with Gasteiger partial charge in [-0.25, -0.2) is 9.78 Å². The van der Waals surface area contributed by atoms with Gasteiger partial charge in [0.15, 0.2) is 0 Å². The molecule has 7 heteroatoms. The number of hydrogen-bond donors (Lipinski definition) is 2. The predicted octanol–water partition coefficient (Wildman–Crippen LogP) is 2.02. The van der Waals surface area contributed by atoms with Crippen LogP contribution in [0.5, 0.6) is 0 Å². The molecule has 1 aromatic heterocycles. The number of aromatic nitrogens is 1. The first-order chi connectivity index (χ1) is 9.58. The second-order valence-electron chi connectivity index (χ2n) is 4.11. The molecular formula is C13H20BrN3O3. The third kappa shape index (κ3) is 5.44. The highest BCUT2D eigenvalue weighted by molar-refractivity contribution is 9.10. The first-order valence-corrected chi connectivity index (χ1v) is 7.25. The van der Waals surface area contributed by atoms with Crippen molar-refractivity contribution >= 4 is 27.8 Å². The van der Waals surface area contributed by atoms with Crippen LogP contribution in [0.1, 0.15) is 12.6 Å². The van der Waals surface area contributed by atoms with Gasteiger partial charge in [-0.2, -0.15) is 0 Å². The van der Waals surface area contributed by atoms with Crippen LogP contribution < -0.4 is 5.32 Å². The molecule has 0 bridgehead atoms. The van der Waals surface area contributed by atoms with Gasteiger partial charge >= 0.3 is 6.03 Å². The topological polar surface area (TPSA) is 74.7 Å². The lowest BCUT2D eigenvalue weighted by Crippen LogP contribution is -2.37. The summed E-state index contributed by atoms with van der Waals surface area (Å²) in [6.07, 6.45) is 0. The number of pyridine rings is 1. The largest absolute Gasteiger partial charge is 0.394 e. The van der Waals surface area contributed by atoms with Crippen molar-refractivity contribution in [2.24, 2.45) is 0 Å². The van der Waals surface area contributed by atoms with Crippen molar-refractivity contribution in [2.75, 3.05) is 38.2 Å². The van der Waals surface area contributed by atoms with Crippen LogP contribution in [-0.2, 0) is 4.74 Å². The van der Waals surface area contributed by atoms with Gasteiger partial charge in [0.2, 0.25) is 0 Å². The summed E-state index contributed by atoms with van der Waals surface area (Å²) in [6, 6.07) is 3.37. The van der Waals surface area contributed by atoms with Gasteiger partial charge in [-0.15, -0.1) is 0 Å². The van der Waals surface area contributed by atoms with E-state index in [4.69, 9.17) is 9.84 Å². The number of likely N-dealkylation sites (N-methyl/N-ethyl adjacent to an activating group) is 1. The number of halogens is 1. The van der Waals surface area contributed by atoms with Crippen LogP contribution in [0.4, 0.5) is 10.6 Å². The molecule has 0 aliphatic rings. The van der Waals surface area contributed by atoms with Crippen molar-refractivity contribution in [1.29, 1.82) is 0 Å². The van der Waals surface area contributed by atoms with Gasteiger partial charge < -0.3 is 14.7 Å². The Bertz CT molecular complexity index is 443. The molecule has 0 unspecified atom stereocenters. The number of aliphatic hydroxyl groups is 1. The summed E-state index contributed by atoms with van der Waals surface area (Å²) < 4.78 is 6.06. The summed E-state index contributed by atoms with van der Waals surface area (Å²) in [7, 11) is 0. The second-order valence-corrected chi connectivity index (χ2v) is 4.96. The molecule has 0 spiro atoms. The zero-order chi connectivity index (χ0) is 15.0. The van der Waals surface area contributed by atoms with Gasteiger partial charge in [0.25, 0.3) is 0 Å². The van der Waals surface area contributed by atoms with E-state index >= 15 is 0 Å². The number of hydrogen-bond acceptors (Lipinski definition) is 4. The van der Waals surface area contributed by atoms with E-state index in [1.165, 1.54) is 0 Å². The normalized spacial score (nSPS) is 10.4. The molecular weight excluding hydrogens is 326 g/mol. The maximum Gasteiger partial charge on any atom is 0.323 e. The summed E-state index contributed by atoms with van der Waals surface area (Å²) >= 11 is 3.36. The molecule has 0 aromatic carbocycles. The summed E-state index contributed by atoms with van der Waals surface area (Å²) in [4.78, 5) is 18.0. The fourth-order valence-electron chi connectivity index (χ4n) is 1.55. The van der Waals surface area contributed by atoms with E-state index in [1.807, 2.05) is 19.9 Å². The lowest BCUT2D eigenvalue weighted by Gasteiger charge is -2.21. The van der Waals surface area contributed by atoms with Gasteiger partial charge in [0, 0.05) is 17.6 Å². The molecule has 1 rings (SSSR count). The van der Waals surface area contributed by atoms with E-state index in [0.717, 1.165) is 10.2 Å². The molecule has 0 radical (unpaired) electrons. The summed E-state index contributed by atoms with van der Waals surface area (Å²) in [5.41, 5.74) is 0.817. The van der Waals surface area contributed by atoms with Gasteiger partial charge in [0.05, 0.1) is 25.5 Å². The number of ether oxygens (including phenoxy) is 1. The Hall–Kier alpha value is -1.18. The molecule has 1 aromatic rings. The standard InChI is InChI=1S/C13H20BrN3O3/c1-3-17(6-8-20-9-7-18)13(19)16-12-5-4-11(14)10(2)15-12/h4-5,18H,3,6-9H2,1-2H3,(H,15,16,19). The maximum absolute atomic E-state index is 12.1. The number of urea groups is 1. The van der Waals surface area contributed by atoms with Crippen molar-refractivity contribution in [3.8, 4) is 0 Å². The second kappa shape index (κ2) is 8.89. The lowest BCUT2D eigenvalue weighted by molar-refractivity contribution is 0.0807. The predicted molar refractivity (Wildman–Crippen MR) is 80.8 cm³/mol. The number of nitrogens with zero attached hydrogens (tertiary/aromatic N) is 2. The average molecular weight is 346 g/mol. The molecule has 1 heterocycles. The third-order valence-corrected chi connectivity index (χ3v) is 3.50. The number of carbonyl (C=O) groups is 1. The molecule has 0 aliphatic heterocycles. The van der Waals surface area contributed by atoms with E-state index < -0.39 is 0 Å². The fourth-order valence-corrected chi connectivity index (χ4v) is 1.77. The minimum Gasteiger partial charge on any atom is -0.394 e. The zero-order valence-electron chi connectivity index (χ0n) is 11.7. The van der Waals surface area contributed by atoms with Gasteiger partial charge in [-0.1, -0.05) is 0 Å². The smallest absolute Gasteiger partial charge is 0.323 e. The fraction of sp³-hybridized carbons (Fsp3) is 0.538. The minimum absolute atomic E-state index is 0.0135. The number of nitrogens with one attached hydrogen (secondary N) is 1. The quantitative estimate of drug-likeness (QED) is 0.741. The lowest BCUT2D eigenvalue weighted by atomic mass is 10.4. The van der Waals surface area contributed by atoms with E-state index in [1.54, 1.807) is 11.0 Å². The molecule has 0 atom stereocenters. The number of aryl methyl sites for hydroxylation is 1. The minimum atomic E-state index is -0.214. The molecule has 2 N–H and O–H groups in total. The highest BCUT2D eigenvalue weighted by Gasteiger charge is 2.12. The first kappa shape index (κ1) is 16.9. The van der Waals surface area contributed by atoms with Gasteiger partial charge in [0.1, 0.15) is 5.82 Å². The highest BCUT2D eigenvalue weighted by atomic mass is 79.9. The summed E-state index contributed by atoms with van der Waals surface area (Å²) in [5, 5.41) is 11.4. The summed E-state index contributed by atoms with van der Waals surface area (Å²) in [6.45, 7) is 5.47. The number of amides is 2. The number of carbonyl (C=O) groups excluding carboxylic acids is 1. The number of aliphatic hydroxyl groups excluding tert-OH is 1. The van der Waals surface area contributed by atoms with Crippen LogP contribution in [0, 0.1) is 6.92 Å². The van der Waals surface area contributed by atoms with E-state index in [-0.39, 0.29) is 19.2 Å². The van der Waals surface area contributed by atoms with Gasteiger partial charge in [-0.3, -0.25) is 5.32 Å². The number of anilines is 1. The maximum atomic E-state index is 12.1. The average Bonchev–Trinajstić information content (AvgIpc) is 2.43. The molecule has 112 valence electrons. The Kier molecular flexibility index (Phi) is 7.50. The van der Waals surface area contributed by atoms with Crippen molar-refractivity contribution in [2.45, 2.75) is 13.8 Å². The highest BCUT2D eigenvalue weighted by Crippen LogP contribution is 2.16. The number of rotatable bonds is 7. The van der Waals surface area contributed by atoms with E-state index in [2.05, 4.69) is 26.2 Å². The van der Waals surface area contributed by atoms with Crippen molar-refractivity contribution in [3.63, 3.8) is 0 Å². The van der Waals surface area contributed by atoms with Crippen LogP contribution in [-0.4, -0.2) is 53.9 Å². The van der Waals surface area contributed by atoms with Crippen molar-refractivity contribution < 1.29 is 14.6 Å². The Balaban J connectivity index is 2.51. The van der Waals surface area contributed by atoms with E-state index in [9.17, 15) is 4.79 Å². The van der Waals surface area contributed by atoms with Crippen LogP contribution >= 0.6 is 15.9 Å². The first-order valence-electron chi connectivity index (χ1n) is 6.46. The van der Waals surface area contributed by atoms with Crippen LogP contribution in [0.2, 0.25) is 0 Å². The Labute approximate surface area is 127 Å². The molecule has 2 amide bonds. The Morgan fingerprint density at radius 1 is 1.50 bits per heavy atom. The molecule has 0 fully saturated rings. The summed E-state index contributed by atoms with van der Waals surface area (Å²) in [5.74, 6) is 0.519.